The van der Waals surface area contributed by atoms with E-state index in [9.17, 15) is 12.8 Å². The standard InChI is InChI=1S/C26H29ClFN5O2S/c1-2-36(34,35)31-16-18-9-11-21(12-10-18)32-26-14-22(23(27)17-30-26)24-7-4-8-25(33-24)29-15-19-5-3-6-20(28)13-19/h3-8,13-14,16-18,21H,2,9-12,15H2,1H3,(H,29,33)(H,30,32)/b31-16+. The highest BCUT2D eigenvalue weighted by molar-refractivity contribution is 7.90. The van der Waals surface area contributed by atoms with Crippen molar-refractivity contribution >= 4 is 39.5 Å². The summed E-state index contributed by atoms with van der Waals surface area (Å²) in [6, 6.07) is 14.2. The van der Waals surface area contributed by atoms with Gasteiger partial charge in [-0.1, -0.05) is 29.8 Å². The minimum Gasteiger partial charge on any atom is -0.367 e. The van der Waals surface area contributed by atoms with Crippen molar-refractivity contribution in [1.29, 1.82) is 0 Å². The number of aromatic nitrogens is 2. The van der Waals surface area contributed by atoms with E-state index in [1.807, 2.05) is 30.3 Å². The Labute approximate surface area is 216 Å². The van der Waals surface area contributed by atoms with Crippen LogP contribution in [0.5, 0.6) is 0 Å². The molecule has 1 aromatic carbocycles. The first-order chi connectivity index (χ1) is 17.3. The van der Waals surface area contributed by atoms with Crippen molar-refractivity contribution in [2.45, 2.75) is 45.2 Å². The maximum Gasteiger partial charge on any atom is 0.252 e. The van der Waals surface area contributed by atoms with Crippen LogP contribution in [0.25, 0.3) is 11.3 Å². The molecule has 4 rings (SSSR count). The van der Waals surface area contributed by atoms with Gasteiger partial charge in [0.1, 0.15) is 17.5 Å². The predicted molar refractivity (Wildman–Crippen MR) is 144 cm³/mol. The molecule has 0 unspecified atom stereocenters. The number of halogens is 2. The molecule has 1 fully saturated rings. The Balaban J connectivity index is 1.39. The van der Waals surface area contributed by atoms with Crippen LogP contribution >= 0.6 is 11.6 Å². The average molecular weight is 530 g/mol. The van der Waals surface area contributed by atoms with Crippen LogP contribution in [0.15, 0.2) is 59.1 Å². The van der Waals surface area contributed by atoms with E-state index in [1.165, 1.54) is 12.1 Å². The quantitative estimate of drug-likeness (QED) is 0.333. The molecule has 36 heavy (non-hydrogen) atoms. The van der Waals surface area contributed by atoms with Crippen molar-refractivity contribution in [1.82, 2.24) is 9.97 Å². The van der Waals surface area contributed by atoms with Crippen molar-refractivity contribution in [3.8, 4) is 11.3 Å². The fourth-order valence-corrected chi connectivity index (χ4v) is 4.82. The van der Waals surface area contributed by atoms with E-state index in [0.717, 1.165) is 36.8 Å². The number of hydrogen-bond donors (Lipinski definition) is 2. The summed E-state index contributed by atoms with van der Waals surface area (Å²) >= 11 is 6.46. The van der Waals surface area contributed by atoms with Crippen molar-refractivity contribution in [2.24, 2.45) is 10.3 Å². The van der Waals surface area contributed by atoms with Gasteiger partial charge in [0.15, 0.2) is 0 Å². The van der Waals surface area contributed by atoms with E-state index in [2.05, 4.69) is 25.0 Å². The summed E-state index contributed by atoms with van der Waals surface area (Å²) in [7, 11) is -3.33. The molecule has 190 valence electrons. The van der Waals surface area contributed by atoms with Gasteiger partial charge in [-0.2, -0.15) is 4.40 Å². The summed E-state index contributed by atoms with van der Waals surface area (Å²) in [5.74, 6) is 1.28. The minimum absolute atomic E-state index is 0.0196. The third-order valence-corrected chi connectivity index (χ3v) is 7.64. The highest BCUT2D eigenvalue weighted by Crippen LogP contribution is 2.31. The van der Waals surface area contributed by atoms with Crippen LogP contribution in [0, 0.1) is 11.7 Å². The molecule has 0 radical (unpaired) electrons. The van der Waals surface area contributed by atoms with Gasteiger partial charge in [0.25, 0.3) is 10.0 Å². The maximum absolute atomic E-state index is 13.4. The average Bonchev–Trinajstić information content (AvgIpc) is 2.88. The topological polar surface area (TPSA) is 96.3 Å². The fourth-order valence-electron chi connectivity index (χ4n) is 4.11. The molecule has 1 aliphatic carbocycles. The van der Waals surface area contributed by atoms with E-state index >= 15 is 0 Å². The number of nitrogens with one attached hydrogen (secondary N) is 2. The number of benzene rings is 1. The van der Waals surface area contributed by atoms with Crippen LogP contribution in [0.4, 0.5) is 16.0 Å². The minimum atomic E-state index is -3.33. The monoisotopic (exact) mass is 529 g/mol. The van der Waals surface area contributed by atoms with Gasteiger partial charge < -0.3 is 10.6 Å². The second kappa shape index (κ2) is 11.8. The Morgan fingerprint density at radius 1 is 1.11 bits per heavy atom. The lowest BCUT2D eigenvalue weighted by Crippen LogP contribution is -2.27. The molecule has 0 saturated heterocycles. The smallest absolute Gasteiger partial charge is 0.252 e. The zero-order valence-corrected chi connectivity index (χ0v) is 21.6. The number of rotatable bonds is 9. The molecule has 2 N–H and O–H groups in total. The number of pyridine rings is 2. The Morgan fingerprint density at radius 2 is 1.89 bits per heavy atom. The highest BCUT2D eigenvalue weighted by Gasteiger charge is 2.21. The molecule has 0 bridgehead atoms. The van der Waals surface area contributed by atoms with Crippen LogP contribution in [-0.2, 0) is 16.6 Å². The maximum atomic E-state index is 13.4. The summed E-state index contributed by atoms with van der Waals surface area (Å²) in [6.07, 6.45) is 6.71. The van der Waals surface area contributed by atoms with Gasteiger partial charge in [-0.15, -0.1) is 0 Å². The van der Waals surface area contributed by atoms with E-state index in [1.54, 1.807) is 25.4 Å². The van der Waals surface area contributed by atoms with Crippen molar-refractivity contribution in [2.75, 3.05) is 16.4 Å². The number of sulfonamides is 1. The van der Waals surface area contributed by atoms with Gasteiger partial charge in [0, 0.05) is 30.6 Å². The number of anilines is 2. The van der Waals surface area contributed by atoms with E-state index in [0.29, 0.717) is 28.9 Å². The van der Waals surface area contributed by atoms with Crippen molar-refractivity contribution in [3.63, 3.8) is 0 Å². The van der Waals surface area contributed by atoms with Gasteiger partial charge in [0.05, 0.1) is 16.5 Å². The molecule has 1 aliphatic rings. The molecule has 0 amide bonds. The van der Waals surface area contributed by atoms with Crippen molar-refractivity contribution < 1.29 is 12.8 Å². The third-order valence-electron chi connectivity index (χ3n) is 6.16. The summed E-state index contributed by atoms with van der Waals surface area (Å²) in [6.45, 7) is 2.04. The predicted octanol–water partition coefficient (Wildman–Crippen LogP) is 5.94. The van der Waals surface area contributed by atoms with Gasteiger partial charge in [0.2, 0.25) is 0 Å². The Morgan fingerprint density at radius 3 is 2.64 bits per heavy atom. The van der Waals surface area contributed by atoms with Crippen LogP contribution in [-0.4, -0.2) is 36.4 Å². The Kier molecular flexibility index (Phi) is 8.53. The molecule has 1 saturated carbocycles. The van der Waals surface area contributed by atoms with E-state index in [-0.39, 0.29) is 23.5 Å². The summed E-state index contributed by atoms with van der Waals surface area (Å²) in [5, 5.41) is 7.20. The van der Waals surface area contributed by atoms with E-state index in [4.69, 9.17) is 11.6 Å². The Bertz CT molecular complexity index is 1330. The summed E-state index contributed by atoms with van der Waals surface area (Å²) in [5.41, 5.74) is 2.28. The molecule has 0 spiro atoms. The molecule has 2 aromatic heterocycles. The summed E-state index contributed by atoms with van der Waals surface area (Å²) in [4.78, 5) is 9.11. The van der Waals surface area contributed by atoms with E-state index < -0.39 is 10.0 Å². The molecule has 0 aliphatic heterocycles. The Hall–Kier alpha value is -3.04. The lowest BCUT2D eigenvalue weighted by Gasteiger charge is -2.27. The van der Waals surface area contributed by atoms with Gasteiger partial charge in [-0.25, -0.2) is 22.8 Å². The van der Waals surface area contributed by atoms with Crippen LogP contribution in [0.1, 0.15) is 38.2 Å². The summed E-state index contributed by atoms with van der Waals surface area (Å²) < 4.78 is 40.4. The number of hydrogen-bond acceptors (Lipinski definition) is 6. The van der Waals surface area contributed by atoms with Gasteiger partial charge in [-0.3, -0.25) is 0 Å². The fraction of sp³-hybridized carbons (Fsp3) is 0.346. The molecule has 3 aromatic rings. The molecular weight excluding hydrogens is 501 g/mol. The van der Waals surface area contributed by atoms with Crippen LogP contribution in [0.2, 0.25) is 5.02 Å². The second-order valence-corrected chi connectivity index (χ2v) is 11.2. The molecule has 2 heterocycles. The van der Waals surface area contributed by atoms with Crippen LogP contribution < -0.4 is 10.6 Å². The van der Waals surface area contributed by atoms with Crippen LogP contribution in [0.3, 0.4) is 0 Å². The SMILES string of the molecule is CCS(=O)(=O)/N=C/C1CCC(Nc2cc(-c3cccc(NCc4cccc(F)c4)n3)c(Cl)cn2)CC1. The normalized spacial score (nSPS) is 18.3. The lowest BCUT2D eigenvalue weighted by molar-refractivity contribution is 0.412. The second-order valence-electron chi connectivity index (χ2n) is 8.82. The third kappa shape index (κ3) is 7.24. The number of nitrogens with zero attached hydrogens (tertiary/aromatic N) is 3. The van der Waals surface area contributed by atoms with Gasteiger partial charge >= 0.3 is 0 Å². The first kappa shape index (κ1) is 26.0. The first-order valence-electron chi connectivity index (χ1n) is 12.0. The zero-order valence-electron chi connectivity index (χ0n) is 20.0. The first-order valence-corrected chi connectivity index (χ1v) is 14.0. The molecule has 7 nitrogen and oxygen atoms in total. The van der Waals surface area contributed by atoms with Crippen molar-refractivity contribution in [3.05, 3.63) is 71.1 Å². The molecular formula is C26H29ClFN5O2S. The lowest BCUT2D eigenvalue weighted by atomic mass is 9.87. The molecule has 10 heteroatoms. The van der Waals surface area contributed by atoms with Gasteiger partial charge in [-0.05, 0) is 74.4 Å². The zero-order chi connectivity index (χ0) is 25.5. The highest BCUT2D eigenvalue weighted by atomic mass is 35.5. The molecule has 0 atom stereocenters. The largest absolute Gasteiger partial charge is 0.367 e.